The number of ether oxygens (including phenoxy) is 1. The van der Waals surface area contributed by atoms with E-state index >= 15 is 0 Å². The molecule has 6 rings (SSSR count). The second kappa shape index (κ2) is 10.1. The fourth-order valence-electron chi connectivity index (χ4n) is 5.75. The van der Waals surface area contributed by atoms with E-state index < -0.39 is 0 Å². The number of nitrogens with one attached hydrogen (secondary N) is 1. The van der Waals surface area contributed by atoms with Crippen molar-refractivity contribution < 1.29 is 4.74 Å². The van der Waals surface area contributed by atoms with Crippen molar-refractivity contribution in [1.82, 2.24) is 15.0 Å². The molecule has 36 heavy (non-hydrogen) atoms. The fourth-order valence-corrected chi connectivity index (χ4v) is 5.94. The van der Waals surface area contributed by atoms with Gasteiger partial charge < -0.3 is 20.7 Å². The summed E-state index contributed by atoms with van der Waals surface area (Å²) in [6, 6.07) is 14.4. The highest BCUT2D eigenvalue weighted by molar-refractivity contribution is 6.30. The fraction of sp³-hybridized carbons (Fsp3) is 0.464. The first kappa shape index (κ1) is 23.3. The average molecular weight is 505 g/mol. The van der Waals surface area contributed by atoms with Crippen LogP contribution in [0.25, 0.3) is 0 Å². The molecule has 0 bridgehead atoms. The summed E-state index contributed by atoms with van der Waals surface area (Å²) in [7, 11) is 0. The Kier molecular flexibility index (Phi) is 6.57. The summed E-state index contributed by atoms with van der Waals surface area (Å²) in [5.41, 5.74) is 9.56. The molecule has 3 aromatic rings. The first-order valence-corrected chi connectivity index (χ1v) is 13.5. The first-order valence-electron chi connectivity index (χ1n) is 13.2. The predicted molar refractivity (Wildman–Crippen MR) is 144 cm³/mol. The van der Waals surface area contributed by atoms with Gasteiger partial charge in [0.1, 0.15) is 11.6 Å². The van der Waals surface area contributed by atoms with Gasteiger partial charge in [0, 0.05) is 35.9 Å². The molecule has 1 aromatic heterocycles. The number of rotatable bonds is 5. The second-order valence-electron chi connectivity index (χ2n) is 10.4. The molecule has 2 fully saturated rings. The van der Waals surface area contributed by atoms with Crippen LogP contribution in [0.3, 0.4) is 0 Å². The lowest BCUT2D eigenvalue weighted by Gasteiger charge is -2.30. The minimum absolute atomic E-state index is 0.259. The minimum Gasteiger partial charge on any atom is -0.493 e. The Morgan fingerprint density at radius 3 is 2.89 bits per heavy atom. The molecule has 3 heterocycles. The van der Waals surface area contributed by atoms with Crippen LogP contribution in [0.5, 0.6) is 5.75 Å². The van der Waals surface area contributed by atoms with Crippen LogP contribution in [0.2, 0.25) is 5.02 Å². The Morgan fingerprint density at radius 2 is 1.97 bits per heavy atom. The van der Waals surface area contributed by atoms with E-state index in [4.69, 9.17) is 27.1 Å². The molecular formula is C28H33ClN6O. The third-order valence-corrected chi connectivity index (χ3v) is 8.01. The van der Waals surface area contributed by atoms with E-state index in [1.165, 1.54) is 36.9 Å². The standard InChI is InChI=1S/C28H33ClN6O/c29-20-5-3-6-22(16-20)35-11-2-1-4-18(9-12-35)14-26-32-27(30)34-28(33-26)31-21-7-8-25-24(17-21)23-15-19(23)10-13-36-25/h3,5-8,16-19,23H,1-2,4,9-15H2,(H3,30,31,32,33,34). The molecule has 0 spiro atoms. The van der Waals surface area contributed by atoms with E-state index in [0.29, 0.717) is 17.8 Å². The number of nitrogens with zero attached hydrogens (tertiary/aromatic N) is 4. The number of aromatic nitrogens is 3. The largest absolute Gasteiger partial charge is 0.493 e. The van der Waals surface area contributed by atoms with E-state index in [9.17, 15) is 0 Å². The van der Waals surface area contributed by atoms with Crippen molar-refractivity contribution in [1.29, 1.82) is 0 Å². The molecule has 3 atom stereocenters. The summed E-state index contributed by atoms with van der Waals surface area (Å²) in [5.74, 6) is 4.41. The van der Waals surface area contributed by atoms with E-state index in [1.54, 1.807) is 0 Å². The van der Waals surface area contributed by atoms with Crippen LogP contribution in [0.1, 0.15) is 55.8 Å². The molecule has 2 aromatic carbocycles. The number of fused-ring (bicyclic) bond motifs is 3. The third-order valence-electron chi connectivity index (χ3n) is 7.78. The van der Waals surface area contributed by atoms with Crippen molar-refractivity contribution in [2.24, 2.45) is 11.8 Å². The molecule has 7 nitrogen and oxygen atoms in total. The Balaban J connectivity index is 1.14. The van der Waals surface area contributed by atoms with Crippen molar-refractivity contribution in [3.63, 3.8) is 0 Å². The highest BCUT2D eigenvalue weighted by Crippen LogP contribution is 2.54. The molecule has 0 radical (unpaired) electrons. The number of halogens is 1. The van der Waals surface area contributed by atoms with Crippen molar-refractivity contribution in [3.8, 4) is 5.75 Å². The molecule has 1 saturated heterocycles. The summed E-state index contributed by atoms with van der Waals surface area (Å²) < 4.78 is 5.94. The van der Waals surface area contributed by atoms with E-state index in [0.717, 1.165) is 67.2 Å². The molecule has 1 saturated carbocycles. The van der Waals surface area contributed by atoms with Crippen LogP contribution in [-0.4, -0.2) is 34.6 Å². The van der Waals surface area contributed by atoms with Crippen LogP contribution >= 0.6 is 11.6 Å². The maximum Gasteiger partial charge on any atom is 0.232 e. The lowest BCUT2D eigenvalue weighted by atomic mass is 9.92. The molecular weight excluding hydrogens is 472 g/mol. The van der Waals surface area contributed by atoms with Crippen molar-refractivity contribution in [2.75, 3.05) is 35.6 Å². The molecule has 2 aliphatic heterocycles. The van der Waals surface area contributed by atoms with Gasteiger partial charge in [-0.15, -0.1) is 0 Å². The zero-order valence-corrected chi connectivity index (χ0v) is 21.3. The van der Waals surface area contributed by atoms with Gasteiger partial charge in [-0.3, -0.25) is 0 Å². The zero-order valence-electron chi connectivity index (χ0n) is 20.5. The van der Waals surface area contributed by atoms with Gasteiger partial charge in [-0.2, -0.15) is 15.0 Å². The maximum atomic E-state index is 6.24. The van der Waals surface area contributed by atoms with Gasteiger partial charge in [0.15, 0.2) is 0 Å². The second-order valence-corrected chi connectivity index (χ2v) is 10.8. The molecule has 3 unspecified atom stereocenters. The molecule has 3 N–H and O–H groups in total. The summed E-state index contributed by atoms with van der Waals surface area (Å²) in [6.07, 6.45) is 7.81. The summed E-state index contributed by atoms with van der Waals surface area (Å²) in [5, 5.41) is 4.15. The average Bonchev–Trinajstić information content (AvgIpc) is 3.62. The molecule has 8 heteroatoms. The van der Waals surface area contributed by atoms with Crippen LogP contribution in [-0.2, 0) is 6.42 Å². The maximum absolute atomic E-state index is 6.24. The van der Waals surface area contributed by atoms with Crippen molar-refractivity contribution in [3.05, 3.63) is 58.9 Å². The van der Waals surface area contributed by atoms with Crippen molar-refractivity contribution >= 4 is 34.9 Å². The van der Waals surface area contributed by atoms with Crippen LogP contribution in [0.4, 0.5) is 23.3 Å². The number of hydrogen-bond donors (Lipinski definition) is 2. The van der Waals surface area contributed by atoms with E-state index in [-0.39, 0.29) is 5.95 Å². The number of nitrogen functional groups attached to an aromatic ring is 1. The van der Waals surface area contributed by atoms with Gasteiger partial charge in [0.25, 0.3) is 0 Å². The minimum atomic E-state index is 0.259. The van der Waals surface area contributed by atoms with Crippen LogP contribution in [0, 0.1) is 11.8 Å². The van der Waals surface area contributed by atoms with Gasteiger partial charge in [-0.1, -0.05) is 24.1 Å². The Morgan fingerprint density at radius 1 is 1.03 bits per heavy atom. The molecule has 0 amide bonds. The molecule has 1 aliphatic carbocycles. The lowest BCUT2D eigenvalue weighted by Crippen LogP contribution is -2.29. The summed E-state index contributed by atoms with van der Waals surface area (Å²) in [4.78, 5) is 16.0. The smallest absolute Gasteiger partial charge is 0.232 e. The van der Waals surface area contributed by atoms with E-state index in [1.807, 2.05) is 18.2 Å². The zero-order chi connectivity index (χ0) is 24.5. The topological polar surface area (TPSA) is 89.2 Å². The molecule has 3 aliphatic rings. The number of anilines is 4. The van der Waals surface area contributed by atoms with Crippen molar-refractivity contribution in [2.45, 2.75) is 50.9 Å². The number of hydrogen-bond acceptors (Lipinski definition) is 7. The van der Waals surface area contributed by atoms with E-state index in [2.05, 4.69) is 44.5 Å². The molecule has 188 valence electrons. The third kappa shape index (κ3) is 5.36. The van der Waals surface area contributed by atoms with Gasteiger partial charge in [0.05, 0.1) is 6.61 Å². The van der Waals surface area contributed by atoms with Gasteiger partial charge >= 0.3 is 0 Å². The number of nitrogens with two attached hydrogens (primary N) is 1. The van der Waals surface area contributed by atoms with Gasteiger partial charge in [0.2, 0.25) is 11.9 Å². The SMILES string of the molecule is Nc1nc(CC2CCCCN(c3cccc(Cl)c3)CC2)nc(Nc2ccc3c(c2)C2CC2CCO3)n1. The highest BCUT2D eigenvalue weighted by Gasteiger charge is 2.41. The first-order chi connectivity index (χ1) is 17.6. The van der Waals surface area contributed by atoms with Crippen LogP contribution in [0.15, 0.2) is 42.5 Å². The Labute approximate surface area is 217 Å². The summed E-state index contributed by atoms with van der Waals surface area (Å²) >= 11 is 6.24. The lowest BCUT2D eigenvalue weighted by molar-refractivity contribution is 0.308. The Bertz CT molecular complexity index is 1240. The normalized spacial score (nSPS) is 23.4. The summed E-state index contributed by atoms with van der Waals surface area (Å²) in [6.45, 7) is 2.87. The van der Waals surface area contributed by atoms with Gasteiger partial charge in [-0.25, -0.2) is 0 Å². The predicted octanol–water partition coefficient (Wildman–Crippen LogP) is 5.98. The van der Waals surface area contributed by atoms with Gasteiger partial charge in [-0.05, 0) is 91.8 Å². The monoisotopic (exact) mass is 504 g/mol. The van der Waals surface area contributed by atoms with Crippen LogP contribution < -0.4 is 20.7 Å². The quantitative estimate of drug-likeness (QED) is 0.442. The Hall–Kier alpha value is -3.06. The number of benzene rings is 2. The highest BCUT2D eigenvalue weighted by atomic mass is 35.5.